The van der Waals surface area contributed by atoms with Crippen LogP contribution in [0.2, 0.25) is 0 Å². The molecule has 2 aromatic heterocycles. The summed E-state index contributed by atoms with van der Waals surface area (Å²) in [5, 5.41) is 4.74. The highest BCUT2D eigenvalue weighted by atomic mass is 32.1. The van der Waals surface area contributed by atoms with E-state index < -0.39 is 0 Å². The number of hydrogen-bond acceptors (Lipinski definition) is 5. The van der Waals surface area contributed by atoms with Crippen molar-refractivity contribution in [2.75, 3.05) is 5.73 Å². The van der Waals surface area contributed by atoms with Crippen molar-refractivity contribution in [3.63, 3.8) is 0 Å². The zero-order chi connectivity index (χ0) is 8.55. The van der Waals surface area contributed by atoms with Crippen molar-refractivity contribution in [2.45, 2.75) is 6.92 Å². The van der Waals surface area contributed by atoms with E-state index in [2.05, 4.69) is 14.5 Å². The maximum absolute atomic E-state index is 5.45. The van der Waals surface area contributed by atoms with Crippen molar-refractivity contribution >= 4 is 17.4 Å². The predicted molar refractivity (Wildman–Crippen MR) is 46.2 cm³/mol. The van der Waals surface area contributed by atoms with Gasteiger partial charge in [-0.25, -0.2) is 9.67 Å². The van der Waals surface area contributed by atoms with E-state index in [1.807, 2.05) is 6.92 Å². The maximum atomic E-state index is 5.45. The third-order valence-electron chi connectivity index (χ3n) is 1.32. The molecule has 2 heterocycles. The summed E-state index contributed by atoms with van der Waals surface area (Å²) in [5.41, 5.74) is 5.45. The first-order valence-electron chi connectivity index (χ1n) is 3.37. The van der Waals surface area contributed by atoms with Crippen LogP contribution < -0.4 is 5.73 Å². The van der Waals surface area contributed by atoms with E-state index in [1.165, 1.54) is 11.5 Å². The second-order valence-corrected chi connectivity index (χ2v) is 3.04. The van der Waals surface area contributed by atoms with Gasteiger partial charge in [-0.3, -0.25) is 0 Å². The minimum atomic E-state index is 0.489. The van der Waals surface area contributed by atoms with Crippen molar-refractivity contribution in [1.82, 2.24) is 19.1 Å². The summed E-state index contributed by atoms with van der Waals surface area (Å²) in [7, 11) is 0. The molecule has 6 heteroatoms. The van der Waals surface area contributed by atoms with E-state index in [1.54, 1.807) is 16.9 Å². The lowest BCUT2D eigenvalue weighted by atomic mass is 10.7. The zero-order valence-corrected chi connectivity index (χ0v) is 7.25. The van der Waals surface area contributed by atoms with Gasteiger partial charge in [0, 0.05) is 23.8 Å². The molecule has 0 saturated heterocycles. The van der Waals surface area contributed by atoms with E-state index in [4.69, 9.17) is 5.73 Å². The van der Waals surface area contributed by atoms with Crippen LogP contribution in [-0.4, -0.2) is 19.1 Å². The molecule has 12 heavy (non-hydrogen) atoms. The van der Waals surface area contributed by atoms with E-state index in [-0.39, 0.29) is 0 Å². The van der Waals surface area contributed by atoms with Gasteiger partial charge in [0.2, 0.25) is 5.13 Å². The van der Waals surface area contributed by atoms with E-state index in [0.29, 0.717) is 5.82 Å². The largest absolute Gasteiger partial charge is 0.382 e. The monoisotopic (exact) mass is 181 g/mol. The molecule has 5 nitrogen and oxygen atoms in total. The van der Waals surface area contributed by atoms with Crippen LogP contribution in [-0.2, 0) is 0 Å². The van der Waals surface area contributed by atoms with Gasteiger partial charge in [-0.2, -0.15) is 4.37 Å². The molecular weight excluding hydrogens is 174 g/mol. The molecule has 0 spiro atoms. The van der Waals surface area contributed by atoms with Crippen LogP contribution in [0.1, 0.15) is 5.82 Å². The lowest BCUT2D eigenvalue weighted by Gasteiger charge is -1.89. The summed E-state index contributed by atoms with van der Waals surface area (Å²) in [4.78, 5) is 4.15. The molecule has 2 rings (SSSR count). The first-order chi connectivity index (χ1) is 5.75. The Balaban J connectivity index is 2.43. The Kier molecular flexibility index (Phi) is 1.54. The molecule has 0 aromatic carbocycles. The third kappa shape index (κ3) is 1.16. The molecule has 0 aliphatic carbocycles. The van der Waals surface area contributed by atoms with Crippen LogP contribution in [0.15, 0.2) is 12.3 Å². The number of aromatic nitrogens is 4. The molecule has 0 radical (unpaired) electrons. The lowest BCUT2D eigenvalue weighted by molar-refractivity contribution is 0.868. The Labute approximate surface area is 73.0 Å². The Morgan fingerprint density at radius 3 is 2.92 bits per heavy atom. The normalized spacial score (nSPS) is 10.4. The smallest absolute Gasteiger partial charge is 0.230 e. The fraction of sp³-hybridized carbons (Fsp3) is 0.167. The number of hydrogen-bond donors (Lipinski definition) is 1. The van der Waals surface area contributed by atoms with Gasteiger partial charge < -0.3 is 5.73 Å². The molecule has 0 saturated carbocycles. The maximum Gasteiger partial charge on any atom is 0.230 e. The van der Waals surface area contributed by atoms with E-state index in [0.717, 1.165) is 11.0 Å². The van der Waals surface area contributed by atoms with Crippen LogP contribution >= 0.6 is 11.5 Å². The van der Waals surface area contributed by atoms with Crippen molar-refractivity contribution in [3.8, 4) is 5.13 Å². The molecule has 62 valence electrons. The van der Waals surface area contributed by atoms with Gasteiger partial charge in [-0.15, -0.1) is 5.10 Å². The molecular formula is C6H7N5S. The number of rotatable bonds is 1. The average molecular weight is 181 g/mol. The Hall–Kier alpha value is -1.43. The second kappa shape index (κ2) is 2.56. The number of anilines is 1. The average Bonchev–Trinajstić information content (AvgIpc) is 2.58. The molecule has 0 unspecified atom stereocenters. The first-order valence-corrected chi connectivity index (χ1v) is 4.15. The van der Waals surface area contributed by atoms with Crippen molar-refractivity contribution in [1.29, 1.82) is 0 Å². The minimum absolute atomic E-state index is 0.489. The van der Waals surface area contributed by atoms with Gasteiger partial charge in [0.1, 0.15) is 11.6 Å². The summed E-state index contributed by atoms with van der Waals surface area (Å²) < 4.78 is 5.64. The highest BCUT2D eigenvalue weighted by molar-refractivity contribution is 7.08. The lowest BCUT2D eigenvalue weighted by Crippen LogP contribution is -1.95. The molecule has 2 N–H and O–H groups in total. The van der Waals surface area contributed by atoms with Crippen molar-refractivity contribution in [3.05, 3.63) is 18.1 Å². The van der Waals surface area contributed by atoms with Crippen LogP contribution in [0.3, 0.4) is 0 Å². The van der Waals surface area contributed by atoms with Gasteiger partial charge >= 0.3 is 0 Å². The molecule has 2 aromatic rings. The molecule has 0 fully saturated rings. The Morgan fingerprint density at radius 1 is 1.58 bits per heavy atom. The highest BCUT2D eigenvalue weighted by Crippen LogP contribution is 2.10. The Morgan fingerprint density at radius 2 is 2.42 bits per heavy atom. The number of nitrogen functional groups attached to an aromatic ring is 1. The van der Waals surface area contributed by atoms with Gasteiger partial charge in [0.25, 0.3) is 0 Å². The molecule has 0 atom stereocenters. The predicted octanol–water partition coefficient (Wildman–Crippen LogP) is 0.614. The number of aryl methyl sites for hydroxylation is 1. The molecule has 0 amide bonds. The van der Waals surface area contributed by atoms with Crippen molar-refractivity contribution in [2.24, 2.45) is 0 Å². The summed E-state index contributed by atoms with van der Waals surface area (Å²) in [6.07, 6.45) is 1.76. The van der Waals surface area contributed by atoms with Crippen LogP contribution in [0, 0.1) is 6.92 Å². The van der Waals surface area contributed by atoms with Gasteiger partial charge in [0.15, 0.2) is 0 Å². The minimum Gasteiger partial charge on any atom is -0.382 e. The Bertz CT molecular complexity index is 352. The number of nitrogens with two attached hydrogens (primary N) is 1. The van der Waals surface area contributed by atoms with Crippen LogP contribution in [0.4, 0.5) is 5.82 Å². The zero-order valence-electron chi connectivity index (χ0n) is 6.43. The van der Waals surface area contributed by atoms with Gasteiger partial charge in [-0.1, -0.05) is 0 Å². The summed E-state index contributed by atoms with van der Waals surface area (Å²) >= 11 is 1.30. The quantitative estimate of drug-likeness (QED) is 0.700. The van der Waals surface area contributed by atoms with Crippen molar-refractivity contribution < 1.29 is 0 Å². The van der Waals surface area contributed by atoms with Crippen LogP contribution in [0.5, 0.6) is 0 Å². The summed E-state index contributed by atoms with van der Waals surface area (Å²) in [6.45, 7) is 1.84. The van der Waals surface area contributed by atoms with Gasteiger partial charge in [0.05, 0.1) is 0 Å². The SMILES string of the molecule is Cc1nsc(-n2ccc(N)n2)n1. The molecule has 0 aliphatic rings. The fourth-order valence-corrected chi connectivity index (χ4v) is 1.44. The molecule has 0 aliphatic heterocycles. The second-order valence-electron chi connectivity index (χ2n) is 2.31. The van der Waals surface area contributed by atoms with E-state index in [9.17, 15) is 0 Å². The number of nitrogens with zero attached hydrogens (tertiary/aromatic N) is 4. The van der Waals surface area contributed by atoms with Crippen LogP contribution in [0.25, 0.3) is 5.13 Å². The summed E-state index contributed by atoms with van der Waals surface area (Å²) in [6, 6.07) is 1.72. The third-order valence-corrected chi connectivity index (χ3v) is 2.12. The van der Waals surface area contributed by atoms with E-state index >= 15 is 0 Å². The summed E-state index contributed by atoms with van der Waals surface area (Å²) in [5.74, 6) is 1.24. The molecule has 0 bridgehead atoms. The highest BCUT2D eigenvalue weighted by Gasteiger charge is 2.02. The fourth-order valence-electron chi connectivity index (χ4n) is 0.824. The topological polar surface area (TPSA) is 69.6 Å². The van der Waals surface area contributed by atoms with Gasteiger partial charge in [-0.05, 0) is 6.92 Å². The first kappa shape index (κ1) is 7.23. The standard InChI is InChI=1S/C6H7N5S/c1-4-8-6(12-10-4)11-3-2-5(7)9-11/h2-3H,1H3,(H2,7,9).